The standard InChI is InChI=1S/C62H88O26/c1-28-16-21-62(75-24-28)29(2)48-44(88-62)23-43-41-15-14-39-22-40(17-19-60(39,12)42(41)18-20-61(43,48)13)83-58-56(87-59-55(82-38(11)71)52(79-35(8)68)49(77-33(6)66)46(85-59)25-72-30(3)63)53(80-36(9)69)50(47(84-58)26-73-31(4)64)86-57-54(81-37(10)70)51(78-34(7)67)45(27-74-57)76-32(5)65/h14,28-29,40-59H,15-27H2,1-13H3/t28?,29?,40?,41?,42?,43?,44?,45-,46+,47+,48?,49+,50+,51+,52-,53-,54+,55+,56+,57-,58+,59-,60-,61-,62+/m0/s1. The fraction of sp³-hybridized carbons (Fsp3) is 0.823. The number of allylic oxidation sites excluding steroid dienone is 1. The second kappa shape index (κ2) is 27.2. The van der Waals surface area contributed by atoms with Crippen LogP contribution in [0.2, 0.25) is 0 Å². The van der Waals surface area contributed by atoms with E-state index in [1.54, 1.807) is 0 Å². The van der Waals surface area contributed by atoms with E-state index in [9.17, 15) is 43.2 Å². The van der Waals surface area contributed by atoms with Gasteiger partial charge in [0, 0.05) is 74.7 Å². The Kier molecular flexibility index (Phi) is 20.8. The van der Waals surface area contributed by atoms with Crippen molar-refractivity contribution < 1.29 is 124 Å². The van der Waals surface area contributed by atoms with Crippen LogP contribution in [0.5, 0.6) is 0 Å². The number of carbonyl (C=O) groups is 9. The van der Waals surface area contributed by atoms with E-state index in [1.807, 2.05) is 0 Å². The van der Waals surface area contributed by atoms with Crippen molar-refractivity contribution in [3.05, 3.63) is 11.6 Å². The minimum atomic E-state index is -1.92. The molecule has 1 spiro atoms. The Morgan fingerprint density at radius 3 is 1.61 bits per heavy atom. The molecule has 0 aromatic heterocycles. The minimum absolute atomic E-state index is 0.0800. The summed E-state index contributed by atoms with van der Waals surface area (Å²) in [5.74, 6) is -5.91. The van der Waals surface area contributed by atoms with Gasteiger partial charge in [-0.2, -0.15) is 0 Å². The first-order valence-electron chi connectivity index (χ1n) is 30.9. The third kappa shape index (κ3) is 14.2. The molecular weight excluding hydrogens is 1160 g/mol. The van der Waals surface area contributed by atoms with Crippen LogP contribution in [-0.4, -0.2) is 184 Å². The van der Waals surface area contributed by atoms with Crippen molar-refractivity contribution in [2.24, 2.45) is 46.3 Å². The monoisotopic (exact) mass is 1250 g/mol. The second-order valence-electron chi connectivity index (χ2n) is 26.0. The SMILES string of the molecule is CC(=O)OC[C@H]1O[C@@H](O[C@H]2[C@H](OC3CC[C@@]4(C)C(=CCC5C6CC7O[C@]8(CCC(C)CO8)C(C)C7[C@@]6(C)CCC54)C3)O[C@H](COC(C)=O)[C@@H](O[C@@H]3OC[C@H](OC(C)=O)[C@@H](OC(C)=O)[C@H]3OC(C)=O)[C@@H]2OC(C)=O)[C@H](OC(C)=O)[C@@H](OC(C)=O)[C@@H]1OC(C)=O. The summed E-state index contributed by atoms with van der Waals surface area (Å²) in [5, 5.41) is 0. The summed E-state index contributed by atoms with van der Waals surface area (Å²) in [4.78, 5) is 115. The molecule has 26 heteroatoms. The van der Waals surface area contributed by atoms with Gasteiger partial charge in [-0.1, -0.05) is 39.3 Å². The van der Waals surface area contributed by atoms with Gasteiger partial charge in [-0.05, 0) is 91.8 Å². The number of hydrogen-bond acceptors (Lipinski definition) is 26. The maximum atomic E-state index is 13.7. The molecule has 8 fully saturated rings. The molecule has 0 aromatic carbocycles. The van der Waals surface area contributed by atoms with E-state index in [2.05, 4.69) is 33.8 Å². The van der Waals surface area contributed by atoms with Crippen molar-refractivity contribution in [2.45, 2.75) is 252 Å². The summed E-state index contributed by atoms with van der Waals surface area (Å²) in [6, 6.07) is 0. The predicted octanol–water partition coefficient (Wildman–Crippen LogP) is 4.96. The number of esters is 9. The third-order valence-corrected chi connectivity index (χ3v) is 19.8. The highest BCUT2D eigenvalue weighted by Crippen LogP contribution is 2.71. The van der Waals surface area contributed by atoms with Crippen LogP contribution < -0.4 is 0 Å². The van der Waals surface area contributed by atoms with E-state index in [0.717, 1.165) is 101 Å². The summed E-state index contributed by atoms with van der Waals surface area (Å²) in [7, 11) is 0. The van der Waals surface area contributed by atoms with Crippen LogP contribution in [0.3, 0.4) is 0 Å². The number of carbonyl (C=O) groups excluding carboxylic acids is 9. The van der Waals surface area contributed by atoms with Gasteiger partial charge < -0.3 is 80.5 Å². The Hall–Kier alpha value is -5.35. The number of fused-ring (bicyclic) bond motifs is 7. The van der Waals surface area contributed by atoms with Crippen molar-refractivity contribution in [2.75, 3.05) is 26.4 Å². The molecule has 5 saturated heterocycles. The van der Waals surface area contributed by atoms with Crippen molar-refractivity contribution >= 4 is 53.7 Å². The predicted molar refractivity (Wildman–Crippen MR) is 296 cm³/mol. The molecular formula is C62H88O26. The van der Waals surface area contributed by atoms with Gasteiger partial charge in [-0.3, -0.25) is 43.2 Å². The van der Waals surface area contributed by atoms with E-state index >= 15 is 0 Å². The van der Waals surface area contributed by atoms with Gasteiger partial charge in [-0.15, -0.1) is 0 Å². The number of rotatable bonds is 17. The van der Waals surface area contributed by atoms with Crippen LogP contribution in [0.1, 0.15) is 148 Å². The second-order valence-corrected chi connectivity index (χ2v) is 26.0. The first kappa shape index (κ1) is 67.1. The van der Waals surface area contributed by atoms with Crippen molar-refractivity contribution in [3.8, 4) is 0 Å². The summed E-state index contributed by atoms with van der Waals surface area (Å²) in [5.41, 5.74) is 1.09. The van der Waals surface area contributed by atoms with Gasteiger partial charge in [0.15, 0.2) is 73.5 Å². The highest BCUT2D eigenvalue weighted by molar-refractivity contribution is 5.70. The lowest BCUT2D eigenvalue weighted by Gasteiger charge is -2.59. The van der Waals surface area contributed by atoms with Crippen molar-refractivity contribution in [1.82, 2.24) is 0 Å². The molecule has 88 heavy (non-hydrogen) atoms. The van der Waals surface area contributed by atoms with Gasteiger partial charge >= 0.3 is 53.7 Å². The molecule has 8 unspecified atom stereocenters. The quantitative estimate of drug-likeness (QED) is 0.105. The van der Waals surface area contributed by atoms with Gasteiger partial charge in [-0.25, -0.2) is 0 Å². The molecule has 492 valence electrons. The van der Waals surface area contributed by atoms with E-state index in [4.69, 9.17) is 80.5 Å². The number of hydrogen-bond donors (Lipinski definition) is 0. The summed E-state index contributed by atoms with van der Waals surface area (Å²) in [6.45, 7) is 18.2. The lowest BCUT2D eigenvalue weighted by Crippen LogP contribution is -2.68. The van der Waals surface area contributed by atoms with Gasteiger partial charge in [0.25, 0.3) is 0 Å². The molecule has 25 atom stereocenters. The average molecular weight is 1250 g/mol. The Morgan fingerprint density at radius 1 is 0.523 bits per heavy atom. The zero-order valence-corrected chi connectivity index (χ0v) is 52.6. The Labute approximate surface area is 512 Å². The molecule has 5 aliphatic heterocycles. The zero-order chi connectivity index (χ0) is 63.9. The maximum Gasteiger partial charge on any atom is 0.303 e. The van der Waals surface area contributed by atoms with E-state index in [0.29, 0.717) is 55.5 Å². The smallest absolute Gasteiger partial charge is 0.303 e. The highest BCUT2D eigenvalue weighted by Gasteiger charge is 2.69. The molecule has 0 N–H and O–H groups in total. The van der Waals surface area contributed by atoms with Crippen molar-refractivity contribution in [1.29, 1.82) is 0 Å². The molecule has 5 heterocycles. The fourth-order valence-electron chi connectivity index (χ4n) is 16.3. The Morgan fingerprint density at radius 2 is 1.05 bits per heavy atom. The maximum absolute atomic E-state index is 13.7. The van der Waals surface area contributed by atoms with Gasteiger partial charge in [0.05, 0.1) is 25.4 Å². The highest BCUT2D eigenvalue weighted by atomic mass is 16.8. The van der Waals surface area contributed by atoms with E-state index in [-0.39, 0.29) is 22.9 Å². The van der Waals surface area contributed by atoms with Crippen LogP contribution in [0.25, 0.3) is 0 Å². The van der Waals surface area contributed by atoms with Crippen LogP contribution in [0.4, 0.5) is 0 Å². The largest absolute Gasteiger partial charge is 0.463 e. The molecule has 26 nitrogen and oxygen atoms in total. The molecule has 0 amide bonds. The van der Waals surface area contributed by atoms with Crippen LogP contribution in [0.15, 0.2) is 11.6 Å². The van der Waals surface area contributed by atoms with Crippen molar-refractivity contribution in [3.63, 3.8) is 0 Å². The normalized spacial score (nSPS) is 42.5. The summed E-state index contributed by atoms with van der Waals surface area (Å²) < 4.78 is 105. The summed E-state index contributed by atoms with van der Waals surface area (Å²) in [6.07, 6.45) is -13.8. The van der Waals surface area contributed by atoms with Crippen LogP contribution in [0, 0.1) is 46.3 Å². The molecule has 3 saturated carbocycles. The third-order valence-electron chi connectivity index (χ3n) is 19.8. The first-order valence-corrected chi connectivity index (χ1v) is 30.9. The topological polar surface area (TPSA) is 311 Å². The Bertz CT molecular complexity index is 2650. The molecule has 4 aliphatic carbocycles. The molecule has 0 bridgehead atoms. The fourth-order valence-corrected chi connectivity index (χ4v) is 16.3. The summed E-state index contributed by atoms with van der Waals surface area (Å²) >= 11 is 0. The lowest BCUT2D eigenvalue weighted by atomic mass is 9.47. The van der Waals surface area contributed by atoms with E-state index in [1.165, 1.54) is 5.57 Å². The molecule has 0 radical (unpaired) electrons. The zero-order valence-electron chi connectivity index (χ0n) is 52.6. The number of ether oxygens (including phenoxy) is 17. The van der Waals surface area contributed by atoms with E-state index < -0.39 is 171 Å². The van der Waals surface area contributed by atoms with Gasteiger partial charge in [0.2, 0.25) is 0 Å². The average Bonchev–Trinajstić information content (AvgIpc) is 1.45. The molecule has 9 rings (SSSR count). The first-order chi connectivity index (χ1) is 41.5. The van der Waals surface area contributed by atoms with Crippen LogP contribution in [-0.2, 0) is 124 Å². The Balaban J connectivity index is 1.08. The van der Waals surface area contributed by atoms with Crippen LogP contribution >= 0.6 is 0 Å². The molecule has 9 aliphatic rings. The minimum Gasteiger partial charge on any atom is -0.463 e. The lowest BCUT2D eigenvalue weighted by molar-refractivity contribution is -0.387. The molecule has 0 aromatic rings. The van der Waals surface area contributed by atoms with Gasteiger partial charge in [0.1, 0.15) is 31.5 Å².